The van der Waals surface area contributed by atoms with E-state index in [4.69, 9.17) is 4.74 Å². The van der Waals surface area contributed by atoms with Gasteiger partial charge in [-0.3, -0.25) is 0 Å². The largest absolute Gasteiger partial charge is 0.477 e. The first kappa shape index (κ1) is 14.5. The summed E-state index contributed by atoms with van der Waals surface area (Å²) in [5, 5.41) is 9.90. The molecule has 1 N–H and O–H groups in total. The molecule has 0 spiro atoms. The molecule has 0 aliphatic carbocycles. The molecule has 0 bridgehead atoms. The van der Waals surface area contributed by atoms with Crippen molar-refractivity contribution in [1.82, 2.24) is 4.98 Å². The third-order valence-electron chi connectivity index (χ3n) is 2.78. The Balaban J connectivity index is 2.40. The zero-order valence-corrected chi connectivity index (χ0v) is 12.2. The van der Waals surface area contributed by atoms with Crippen LogP contribution in [0.5, 0.6) is 0 Å². The first-order valence-electron chi connectivity index (χ1n) is 6.21. The van der Waals surface area contributed by atoms with E-state index in [1.807, 2.05) is 42.2 Å². The van der Waals surface area contributed by atoms with Crippen LogP contribution in [-0.4, -0.2) is 29.7 Å². The second-order valence-electron chi connectivity index (χ2n) is 4.09. The molecule has 0 aliphatic heterocycles. The van der Waals surface area contributed by atoms with Gasteiger partial charge in [-0.2, -0.15) is 0 Å². The molecular weight excluding hydrogens is 276 g/mol. The van der Waals surface area contributed by atoms with Crippen molar-refractivity contribution in [3.05, 3.63) is 40.9 Å². The van der Waals surface area contributed by atoms with Crippen molar-refractivity contribution in [3.63, 3.8) is 0 Å². The molecule has 1 aromatic carbocycles. The molecule has 1 heterocycles. The molecule has 0 saturated heterocycles. The average molecular weight is 292 g/mol. The van der Waals surface area contributed by atoms with E-state index in [1.54, 1.807) is 0 Å². The molecule has 0 fully saturated rings. The van der Waals surface area contributed by atoms with Crippen molar-refractivity contribution in [3.8, 4) is 0 Å². The number of benzene rings is 1. The van der Waals surface area contributed by atoms with Crippen LogP contribution in [0.15, 0.2) is 30.3 Å². The Morgan fingerprint density at radius 1 is 1.40 bits per heavy atom. The van der Waals surface area contributed by atoms with Gasteiger partial charge in [-0.15, -0.1) is 0 Å². The van der Waals surface area contributed by atoms with Crippen LogP contribution in [0.4, 0.5) is 10.8 Å². The Hall–Kier alpha value is -1.92. The summed E-state index contributed by atoms with van der Waals surface area (Å²) in [6, 6.07) is 9.78. The van der Waals surface area contributed by atoms with E-state index in [-0.39, 0.29) is 11.5 Å². The zero-order chi connectivity index (χ0) is 14.5. The maximum absolute atomic E-state index is 11.3. The SMILES string of the molecule is CCN(c1ccccc1)c1nc(COC)c(C(=O)O)s1. The molecule has 106 valence electrons. The van der Waals surface area contributed by atoms with E-state index in [1.165, 1.54) is 18.4 Å². The first-order chi connectivity index (χ1) is 9.67. The summed E-state index contributed by atoms with van der Waals surface area (Å²) in [7, 11) is 1.53. The highest BCUT2D eigenvalue weighted by molar-refractivity contribution is 7.17. The van der Waals surface area contributed by atoms with Crippen molar-refractivity contribution in [2.75, 3.05) is 18.6 Å². The molecule has 0 radical (unpaired) electrons. The normalized spacial score (nSPS) is 10.5. The van der Waals surface area contributed by atoms with Crippen molar-refractivity contribution in [1.29, 1.82) is 0 Å². The number of aromatic nitrogens is 1. The average Bonchev–Trinajstić information content (AvgIpc) is 2.85. The smallest absolute Gasteiger partial charge is 0.347 e. The van der Waals surface area contributed by atoms with Crippen molar-refractivity contribution >= 4 is 28.1 Å². The van der Waals surface area contributed by atoms with Gasteiger partial charge in [0.15, 0.2) is 5.13 Å². The molecule has 1 aromatic heterocycles. The van der Waals surface area contributed by atoms with Crippen LogP contribution >= 0.6 is 11.3 Å². The zero-order valence-electron chi connectivity index (χ0n) is 11.4. The van der Waals surface area contributed by atoms with Crippen LogP contribution in [0.1, 0.15) is 22.3 Å². The third kappa shape index (κ3) is 2.97. The molecule has 0 amide bonds. The van der Waals surface area contributed by atoms with Gasteiger partial charge in [-0.1, -0.05) is 29.5 Å². The summed E-state index contributed by atoms with van der Waals surface area (Å²) in [5.74, 6) is -0.968. The van der Waals surface area contributed by atoms with Gasteiger partial charge < -0.3 is 14.7 Å². The van der Waals surface area contributed by atoms with E-state index in [0.717, 1.165) is 5.69 Å². The number of carboxylic acid groups (broad SMARTS) is 1. The number of nitrogens with zero attached hydrogens (tertiary/aromatic N) is 2. The molecule has 5 nitrogen and oxygen atoms in total. The van der Waals surface area contributed by atoms with Crippen LogP contribution in [0, 0.1) is 0 Å². The molecule has 6 heteroatoms. The Morgan fingerprint density at radius 3 is 2.65 bits per heavy atom. The molecule has 0 saturated carbocycles. The lowest BCUT2D eigenvalue weighted by Crippen LogP contribution is -2.15. The maximum atomic E-state index is 11.3. The lowest BCUT2D eigenvalue weighted by atomic mass is 10.3. The summed E-state index contributed by atoms with van der Waals surface area (Å²) in [4.78, 5) is 17.9. The summed E-state index contributed by atoms with van der Waals surface area (Å²) >= 11 is 1.17. The second kappa shape index (κ2) is 6.49. The van der Waals surface area contributed by atoms with Gasteiger partial charge in [0, 0.05) is 19.3 Å². The van der Waals surface area contributed by atoms with E-state index >= 15 is 0 Å². The summed E-state index contributed by atoms with van der Waals surface area (Å²) in [6.45, 7) is 2.91. The molecule has 2 rings (SSSR count). The van der Waals surface area contributed by atoms with Crippen LogP contribution in [0.3, 0.4) is 0 Å². The number of carboxylic acids is 1. The number of hydrogen-bond donors (Lipinski definition) is 1. The standard InChI is InChI=1S/C14H16N2O3S/c1-3-16(10-7-5-4-6-8-10)14-15-11(9-19-2)12(20-14)13(17)18/h4-8H,3,9H2,1-2H3,(H,17,18). The van der Waals surface area contributed by atoms with Gasteiger partial charge in [0.2, 0.25) is 0 Å². The third-order valence-corrected chi connectivity index (χ3v) is 3.88. The van der Waals surface area contributed by atoms with Gasteiger partial charge in [-0.05, 0) is 19.1 Å². The predicted octanol–water partition coefficient (Wildman–Crippen LogP) is 3.15. The van der Waals surface area contributed by atoms with Crippen LogP contribution in [-0.2, 0) is 11.3 Å². The van der Waals surface area contributed by atoms with Gasteiger partial charge >= 0.3 is 5.97 Å². The number of methoxy groups -OCH3 is 1. The molecular formula is C14H16N2O3S. The fourth-order valence-electron chi connectivity index (χ4n) is 1.89. The first-order valence-corrected chi connectivity index (χ1v) is 7.03. The number of rotatable bonds is 6. The monoisotopic (exact) mass is 292 g/mol. The molecule has 20 heavy (non-hydrogen) atoms. The van der Waals surface area contributed by atoms with Crippen LogP contribution < -0.4 is 4.90 Å². The number of thiazole rings is 1. The summed E-state index contributed by atoms with van der Waals surface area (Å²) < 4.78 is 5.01. The van der Waals surface area contributed by atoms with Gasteiger partial charge in [0.1, 0.15) is 4.88 Å². The number of carbonyl (C=O) groups is 1. The summed E-state index contributed by atoms with van der Waals surface area (Å²) in [5.41, 5.74) is 1.46. The topological polar surface area (TPSA) is 62.7 Å². The highest BCUT2D eigenvalue weighted by Crippen LogP contribution is 2.31. The number of aromatic carboxylic acids is 1. The maximum Gasteiger partial charge on any atom is 0.347 e. The van der Waals surface area contributed by atoms with E-state index < -0.39 is 5.97 Å². The van der Waals surface area contributed by atoms with E-state index in [0.29, 0.717) is 17.4 Å². The minimum Gasteiger partial charge on any atom is -0.477 e. The number of ether oxygens (including phenoxy) is 1. The Bertz CT molecular complexity index is 583. The van der Waals surface area contributed by atoms with Crippen molar-refractivity contribution in [2.45, 2.75) is 13.5 Å². The Morgan fingerprint density at radius 2 is 2.10 bits per heavy atom. The van der Waals surface area contributed by atoms with Gasteiger partial charge in [-0.25, -0.2) is 9.78 Å². The number of para-hydroxylation sites is 1. The number of hydrogen-bond acceptors (Lipinski definition) is 5. The van der Waals surface area contributed by atoms with E-state index in [9.17, 15) is 9.90 Å². The Kier molecular flexibility index (Phi) is 4.70. The molecule has 2 aromatic rings. The lowest BCUT2D eigenvalue weighted by Gasteiger charge is -2.19. The van der Waals surface area contributed by atoms with Crippen LogP contribution in [0.25, 0.3) is 0 Å². The van der Waals surface area contributed by atoms with Crippen molar-refractivity contribution < 1.29 is 14.6 Å². The fourth-order valence-corrected chi connectivity index (χ4v) is 2.89. The Labute approximate surface area is 121 Å². The van der Waals surface area contributed by atoms with Crippen LogP contribution in [0.2, 0.25) is 0 Å². The van der Waals surface area contributed by atoms with Crippen molar-refractivity contribution in [2.24, 2.45) is 0 Å². The van der Waals surface area contributed by atoms with Gasteiger partial charge in [0.05, 0.1) is 12.3 Å². The highest BCUT2D eigenvalue weighted by atomic mass is 32.1. The quantitative estimate of drug-likeness (QED) is 0.886. The molecule has 0 unspecified atom stereocenters. The lowest BCUT2D eigenvalue weighted by molar-refractivity contribution is 0.0697. The second-order valence-corrected chi connectivity index (χ2v) is 5.07. The fraction of sp³-hybridized carbons (Fsp3) is 0.286. The van der Waals surface area contributed by atoms with Gasteiger partial charge in [0.25, 0.3) is 0 Å². The summed E-state index contributed by atoms with van der Waals surface area (Å²) in [6.07, 6.45) is 0. The minimum atomic E-state index is -0.968. The predicted molar refractivity (Wildman–Crippen MR) is 78.9 cm³/mol. The molecule has 0 aliphatic rings. The number of anilines is 2. The minimum absolute atomic E-state index is 0.199. The molecule has 0 atom stereocenters. The van der Waals surface area contributed by atoms with E-state index in [2.05, 4.69) is 4.98 Å². The highest BCUT2D eigenvalue weighted by Gasteiger charge is 2.20.